The summed E-state index contributed by atoms with van der Waals surface area (Å²) in [6.07, 6.45) is 2.44. The summed E-state index contributed by atoms with van der Waals surface area (Å²) in [5.74, 6) is -0.242. The smallest absolute Gasteiger partial charge is 0.253 e. The van der Waals surface area contributed by atoms with Crippen molar-refractivity contribution in [2.75, 3.05) is 18.0 Å². The van der Waals surface area contributed by atoms with Crippen molar-refractivity contribution in [1.82, 2.24) is 15.3 Å². The molecule has 0 radical (unpaired) electrons. The number of aromatic amines is 1. The molecular formula is C17H22N4O2S. The van der Waals surface area contributed by atoms with E-state index >= 15 is 0 Å². The van der Waals surface area contributed by atoms with Crippen LogP contribution in [0.2, 0.25) is 0 Å². The maximum absolute atomic E-state index is 12.5. The first-order chi connectivity index (χ1) is 11.5. The van der Waals surface area contributed by atoms with Crippen LogP contribution in [0.4, 0.5) is 5.13 Å². The molecule has 0 bridgehead atoms. The highest BCUT2D eigenvalue weighted by molar-refractivity contribution is 7.13. The van der Waals surface area contributed by atoms with Gasteiger partial charge in [0.15, 0.2) is 10.9 Å². The van der Waals surface area contributed by atoms with E-state index in [4.69, 9.17) is 0 Å². The third-order valence-electron chi connectivity index (χ3n) is 4.36. The summed E-state index contributed by atoms with van der Waals surface area (Å²) in [5.41, 5.74) is 3.34. The Bertz CT molecular complexity index is 772. The van der Waals surface area contributed by atoms with E-state index < -0.39 is 0 Å². The van der Waals surface area contributed by atoms with E-state index in [0.717, 1.165) is 23.9 Å². The Morgan fingerprint density at radius 2 is 2.04 bits per heavy atom. The first-order valence-corrected chi connectivity index (χ1v) is 9.03. The standard InChI is InChI=1S/C17H22N4O2S/c1-10-14(11(2)19-15(10)12(3)22)16(23)18-8-13-9-24-17(20-13)21-6-4-5-7-21/h9,19H,4-8H2,1-3H3,(H,18,23). The molecule has 0 aromatic carbocycles. The second kappa shape index (κ2) is 6.76. The molecule has 0 unspecified atom stereocenters. The van der Waals surface area contributed by atoms with Crippen molar-refractivity contribution in [3.05, 3.63) is 33.6 Å². The third-order valence-corrected chi connectivity index (χ3v) is 5.31. The van der Waals surface area contributed by atoms with Gasteiger partial charge in [-0.15, -0.1) is 11.3 Å². The number of nitrogens with zero attached hydrogens (tertiary/aromatic N) is 2. The Morgan fingerprint density at radius 3 is 2.67 bits per heavy atom. The number of hydrogen-bond acceptors (Lipinski definition) is 5. The van der Waals surface area contributed by atoms with E-state index in [0.29, 0.717) is 29.1 Å². The molecule has 3 heterocycles. The summed E-state index contributed by atoms with van der Waals surface area (Å²) in [6.45, 7) is 7.62. The number of carbonyl (C=O) groups is 2. The number of carbonyl (C=O) groups excluding carboxylic acids is 2. The van der Waals surface area contributed by atoms with Crippen LogP contribution in [0.3, 0.4) is 0 Å². The molecule has 7 heteroatoms. The van der Waals surface area contributed by atoms with E-state index in [1.165, 1.54) is 19.8 Å². The fourth-order valence-corrected chi connectivity index (χ4v) is 4.01. The van der Waals surface area contributed by atoms with Crippen molar-refractivity contribution < 1.29 is 9.59 Å². The molecule has 0 atom stereocenters. The molecule has 2 N–H and O–H groups in total. The first-order valence-electron chi connectivity index (χ1n) is 8.15. The zero-order valence-corrected chi connectivity index (χ0v) is 15.0. The van der Waals surface area contributed by atoms with Crippen molar-refractivity contribution in [3.63, 3.8) is 0 Å². The number of nitrogens with one attached hydrogen (secondary N) is 2. The predicted octanol–water partition coefficient (Wildman–Crippen LogP) is 2.82. The number of rotatable bonds is 5. The van der Waals surface area contributed by atoms with Gasteiger partial charge in [0.25, 0.3) is 5.91 Å². The topological polar surface area (TPSA) is 78.1 Å². The SMILES string of the molecule is CC(=O)c1[nH]c(C)c(C(=O)NCc2csc(N3CCCC3)n2)c1C. The zero-order valence-electron chi connectivity index (χ0n) is 14.2. The van der Waals surface area contributed by atoms with Crippen LogP contribution in [0.1, 0.15) is 57.6 Å². The molecule has 6 nitrogen and oxygen atoms in total. The van der Waals surface area contributed by atoms with E-state index in [1.807, 2.05) is 12.3 Å². The highest BCUT2D eigenvalue weighted by atomic mass is 32.1. The van der Waals surface area contributed by atoms with Gasteiger partial charge in [0.2, 0.25) is 0 Å². The molecule has 0 spiro atoms. The van der Waals surface area contributed by atoms with Gasteiger partial charge in [-0.25, -0.2) is 4.98 Å². The van der Waals surface area contributed by atoms with Crippen LogP contribution in [0, 0.1) is 13.8 Å². The molecule has 2 aromatic heterocycles. The number of aryl methyl sites for hydroxylation is 1. The van der Waals surface area contributed by atoms with Crippen molar-refractivity contribution >= 4 is 28.2 Å². The summed E-state index contributed by atoms with van der Waals surface area (Å²) in [6, 6.07) is 0. The summed E-state index contributed by atoms with van der Waals surface area (Å²) >= 11 is 1.62. The molecule has 0 aliphatic carbocycles. The molecule has 1 fully saturated rings. The highest BCUT2D eigenvalue weighted by Gasteiger charge is 2.20. The Labute approximate surface area is 145 Å². The summed E-state index contributed by atoms with van der Waals surface area (Å²) in [5, 5.41) is 5.93. The van der Waals surface area contributed by atoms with Gasteiger partial charge in [-0.2, -0.15) is 0 Å². The van der Waals surface area contributed by atoms with E-state index in [2.05, 4.69) is 20.2 Å². The number of amides is 1. The van der Waals surface area contributed by atoms with Crippen LogP contribution in [-0.4, -0.2) is 34.7 Å². The summed E-state index contributed by atoms with van der Waals surface area (Å²) in [4.78, 5) is 34.0. The van der Waals surface area contributed by atoms with E-state index in [9.17, 15) is 9.59 Å². The molecule has 1 aliphatic heterocycles. The van der Waals surface area contributed by atoms with Crippen molar-refractivity contribution in [1.29, 1.82) is 0 Å². The second-order valence-corrected chi connectivity index (χ2v) is 7.02. The molecule has 0 saturated carbocycles. The number of aromatic nitrogens is 2. The lowest BCUT2D eigenvalue weighted by atomic mass is 10.1. The minimum absolute atomic E-state index is 0.0654. The number of ketones is 1. The third kappa shape index (κ3) is 3.21. The maximum atomic E-state index is 12.5. The highest BCUT2D eigenvalue weighted by Crippen LogP contribution is 2.24. The predicted molar refractivity (Wildman–Crippen MR) is 95.0 cm³/mol. The number of Topliss-reactive ketones (excluding diaryl/α,β-unsaturated/α-hetero) is 1. The summed E-state index contributed by atoms with van der Waals surface area (Å²) in [7, 11) is 0. The maximum Gasteiger partial charge on any atom is 0.253 e. The summed E-state index contributed by atoms with van der Waals surface area (Å²) < 4.78 is 0. The van der Waals surface area contributed by atoms with Crippen LogP contribution >= 0.6 is 11.3 Å². The van der Waals surface area contributed by atoms with Crippen molar-refractivity contribution in [2.24, 2.45) is 0 Å². The lowest BCUT2D eigenvalue weighted by molar-refractivity contribution is 0.0949. The molecule has 1 aliphatic rings. The molecular weight excluding hydrogens is 324 g/mol. The Balaban J connectivity index is 1.67. The molecule has 2 aromatic rings. The molecule has 1 amide bonds. The Morgan fingerprint density at radius 1 is 1.33 bits per heavy atom. The Hall–Kier alpha value is -2.15. The molecule has 1 saturated heterocycles. The number of anilines is 1. The first kappa shape index (κ1) is 16.7. The van der Waals surface area contributed by atoms with E-state index in [1.54, 1.807) is 18.3 Å². The van der Waals surface area contributed by atoms with Crippen LogP contribution < -0.4 is 10.2 Å². The lowest BCUT2D eigenvalue weighted by Gasteiger charge is -2.12. The normalized spacial score (nSPS) is 14.2. The van der Waals surface area contributed by atoms with Gasteiger partial charge >= 0.3 is 0 Å². The fraction of sp³-hybridized carbons (Fsp3) is 0.471. The Kier molecular flexibility index (Phi) is 4.71. The van der Waals surface area contributed by atoms with Gasteiger partial charge < -0.3 is 15.2 Å². The average molecular weight is 346 g/mol. The van der Waals surface area contributed by atoms with Gasteiger partial charge in [-0.1, -0.05) is 0 Å². The van der Waals surface area contributed by atoms with Crippen molar-refractivity contribution in [3.8, 4) is 0 Å². The average Bonchev–Trinajstić information content (AvgIpc) is 3.24. The quantitative estimate of drug-likeness (QED) is 0.816. The van der Waals surface area contributed by atoms with E-state index in [-0.39, 0.29) is 11.7 Å². The second-order valence-electron chi connectivity index (χ2n) is 6.18. The number of thiazole rings is 1. The lowest BCUT2D eigenvalue weighted by Crippen LogP contribution is -2.24. The monoisotopic (exact) mass is 346 g/mol. The molecule has 24 heavy (non-hydrogen) atoms. The largest absolute Gasteiger partial charge is 0.355 e. The van der Waals surface area contributed by atoms with Gasteiger partial charge in [0.05, 0.1) is 23.5 Å². The van der Waals surface area contributed by atoms with Gasteiger partial charge in [-0.05, 0) is 32.3 Å². The minimum atomic E-state index is -0.176. The van der Waals surface area contributed by atoms with Crippen LogP contribution in [0.5, 0.6) is 0 Å². The van der Waals surface area contributed by atoms with Crippen LogP contribution in [0.15, 0.2) is 5.38 Å². The molecule has 128 valence electrons. The number of H-pyrrole nitrogens is 1. The van der Waals surface area contributed by atoms with Gasteiger partial charge in [0, 0.05) is 31.1 Å². The minimum Gasteiger partial charge on any atom is -0.355 e. The number of hydrogen-bond donors (Lipinski definition) is 2. The fourth-order valence-electron chi connectivity index (χ4n) is 3.13. The van der Waals surface area contributed by atoms with Gasteiger partial charge in [-0.3, -0.25) is 9.59 Å². The molecule has 3 rings (SSSR count). The van der Waals surface area contributed by atoms with Crippen LogP contribution in [-0.2, 0) is 6.54 Å². The van der Waals surface area contributed by atoms with Gasteiger partial charge in [0.1, 0.15) is 0 Å². The zero-order chi connectivity index (χ0) is 17.3. The van der Waals surface area contributed by atoms with Crippen molar-refractivity contribution in [2.45, 2.75) is 40.2 Å². The van der Waals surface area contributed by atoms with Crippen LogP contribution in [0.25, 0.3) is 0 Å².